The fourth-order valence-electron chi connectivity index (χ4n) is 1.71. The molecule has 0 aliphatic rings. The van der Waals surface area contributed by atoms with Gasteiger partial charge in [-0.3, -0.25) is 4.79 Å². The summed E-state index contributed by atoms with van der Waals surface area (Å²) in [4.78, 5) is 23.2. The second kappa shape index (κ2) is 6.08. The van der Waals surface area contributed by atoms with Crippen LogP contribution in [0.15, 0.2) is 16.2 Å². The van der Waals surface area contributed by atoms with Gasteiger partial charge in [0.25, 0.3) is 5.56 Å². The largest absolute Gasteiger partial charge is 0.310 e. The predicted octanol–water partition coefficient (Wildman–Crippen LogP) is 1.62. The van der Waals surface area contributed by atoms with Gasteiger partial charge >= 0.3 is 0 Å². The summed E-state index contributed by atoms with van der Waals surface area (Å²) >= 11 is 1.60. The van der Waals surface area contributed by atoms with Crippen LogP contribution in [0.1, 0.15) is 36.1 Å². The van der Waals surface area contributed by atoms with Gasteiger partial charge in [-0.2, -0.15) is 0 Å². The van der Waals surface area contributed by atoms with Gasteiger partial charge in [0.15, 0.2) is 0 Å². The van der Waals surface area contributed by atoms with Gasteiger partial charge in [-0.05, 0) is 6.92 Å². The van der Waals surface area contributed by atoms with E-state index in [4.69, 9.17) is 0 Å². The minimum Gasteiger partial charge on any atom is -0.310 e. The molecule has 0 atom stereocenters. The highest BCUT2D eigenvalue weighted by molar-refractivity contribution is 7.09. The molecule has 2 heterocycles. The average molecular weight is 278 g/mol. The second-order valence-corrected chi connectivity index (χ2v) is 5.82. The zero-order valence-corrected chi connectivity index (χ0v) is 12.2. The molecule has 0 bridgehead atoms. The normalized spacial score (nSPS) is 11.2. The van der Waals surface area contributed by atoms with E-state index in [-0.39, 0.29) is 5.56 Å². The van der Waals surface area contributed by atoms with Crippen molar-refractivity contribution in [3.05, 3.63) is 44.0 Å². The van der Waals surface area contributed by atoms with Gasteiger partial charge in [0.2, 0.25) is 0 Å². The van der Waals surface area contributed by atoms with Gasteiger partial charge in [-0.25, -0.2) is 9.97 Å². The van der Waals surface area contributed by atoms with Crippen LogP contribution in [0.2, 0.25) is 0 Å². The number of nitrogens with one attached hydrogen (secondary N) is 2. The van der Waals surface area contributed by atoms with Gasteiger partial charge in [-0.15, -0.1) is 11.3 Å². The van der Waals surface area contributed by atoms with Crippen LogP contribution in [0, 0.1) is 6.92 Å². The first kappa shape index (κ1) is 13.9. The van der Waals surface area contributed by atoms with Crippen molar-refractivity contribution < 1.29 is 0 Å². The number of thiazole rings is 1. The lowest BCUT2D eigenvalue weighted by atomic mass is 10.3. The molecule has 0 unspecified atom stereocenters. The third kappa shape index (κ3) is 4.25. The number of hydrogen-bond acceptors (Lipinski definition) is 5. The van der Waals surface area contributed by atoms with Crippen LogP contribution in [0.25, 0.3) is 0 Å². The van der Waals surface area contributed by atoms with E-state index >= 15 is 0 Å². The first-order valence-corrected chi connectivity index (χ1v) is 7.14. The number of nitrogens with zero attached hydrogens (tertiary/aromatic N) is 2. The third-order valence-electron chi connectivity index (χ3n) is 2.55. The zero-order chi connectivity index (χ0) is 13.8. The molecule has 102 valence electrons. The first-order chi connectivity index (χ1) is 9.02. The van der Waals surface area contributed by atoms with Crippen LogP contribution in [0.5, 0.6) is 0 Å². The molecule has 2 N–H and O–H groups in total. The van der Waals surface area contributed by atoms with Crippen molar-refractivity contribution in [2.45, 2.75) is 39.8 Å². The molecule has 19 heavy (non-hydrogen) atoms. The minimum atomic E-state index is -0.113. The van der Waals surface area contributed by atoms with Crippen molar-refractivity contribution in [1.82, 2.24) is 20.3 Å². The van der Waals surface area contributed by atoms with Crippen LogP contribution >= 0.6 is 11.3 Å². The van der Waals surface area contributed by atoms with Gasteiger partial charge < -0.3 is 10.3 Å². The summed E-state index contributed by atoms with van der Waals surface area (Å²) in [5.74, 6) is 0.665. The van der Waals surface area contributed by atoms with E-state index in [1.54, 1.807) is 11.3 Å². The van der Waals surface area contributed by atoms with Crippen molar-refractivity contribution in [3.8, 4) is 0 Å². The number of H-pyrrole nitrogens is 1. The van der Waals surface area contributed by atoms with Gasteiger partial charge in [0, 0.05) is 30.5 Å². The molecule has 0 saturated heterocycles. The monoisotopic (exact) mass is 278 g/mol. The molecule has 2 aromatic heterocycles. The maximum Gasteiger partial charge on any atom is 0.251 e. The lowest BCUT2D eigenvalue weighted by molar-refractivity contribution is 0.578. The smallest absolute Gasteiger partial charge is 0.251 e. The summed E-state index contributed by atoms with van der Waals surface area (Å²) in [6.07, 6.45) is 0.565. The molecule has 0 aliphatic heterocycles. The lowest BCUT2D eigenvalue weighted by Gasteiger charge is -2.08. The summed E-state index contributed by atoms with van der Waals surface area (Å²) in [6, 6.07) is 1.90. The Balaban J connectivity index is 2.14. The molecule has 0 radical (unpaired) electrons. The van der Waals surface area contributed by atoms with Crippen molar-refractivity contribution in [3.63, 3.8) is 0 Å². The van der Waals surface area contributed by atoms with E-state index in [9.17, 15) is 4.79 Å². The average Bonchev–Trinajstić information content (AvgIpc) is 2.71. The Bertz CT molecular complexity index is 603. The second-order valence-electron chi connectivity index (χ2n) is 4.75. The molecular weight excluding hydrogens is 260 g/mol. The Labute approximate surface area is 116 Å². The summed E-state index contributed by atoms with van der Waals surface area (Å²) in [5, 5.41) is 6.27. The van der Waals surface area contributed by atoms with Crippen LogP contribution in [-0.4, -0.2) is 21.0 Å². The van der Waals surface area contributed by atoms with E-state index in [1.807, 2.05) is 12.3 Å². The molecule has 0 aliphatic carbocycles. The summed E-state index contributed by atoms with van der Waals surface area (Å²) in [6.45, 7) is 6.69. The molecule has 0 fully saturated rings. The van der Waals surface area contributed by atoms with E-state index < -0.39 is 0 Å². The van der Waals surface area contributed by atoms with Gasteiger partial charge in [-0.1, -0.05) is 13.8 Å². The van der Waals surface area contributed by atoms with Gasteiger partial charge in [0.1, 0.15) is 5.82 Å². The van der Waals surface area contributed by atoms with Gasteiger partial charge in [0.05, 0.1) is 16.4 Å². The molecular formula is C13H18N4OS. The Kier molecular flexibility index (Phi) is 4.44. The van der Waals surface area contributed by atoms with E-state index in [0.717, 1.165) is 16.4 Å². The zero-order valence-electron chi connectivity index (χ0n) is 11.4. The number of aromatic nitrogens is 3. The van der Waals surface area contributed by atoms with E-state index in [2.05, 4.69) is 34.1 Å². The topological polar surface area (TPSA) is 70.7 Å². The molecule has 2 aromatic rings. The number of aromatic amines is 1. The number of rotatable bonds is 5. The maximum absolute atomic E-state index is 11.6. The summed E-state index contributed by atoms with van der Waals surface area (Å²) < 4.78 is 0. The highest BCUT2D eigenvalue weighted by Gasteiger charge is 2.05. The molecule has 5 nitrogen and oxygen atoms in total. The fraction of sp³-hybridized carbons (Fsp3) is 0.462. The van der Waals surface area contributed by atoms with Crippen LogP contribution in [0.3, 0.4) is 0 Å². The molecule has 0 aromatic carbocycles. The fourth-order valence-corrected chi connectivity index (χ4v) is 2.32. The summed E-state index contributed by atoms with van der Waals surface area (Å²) in [7, 11) is 0. The lowest BCUT2D eigenvalue weighted by Crippen LogP contribution is -2.24. The minimum absolute atomic E-state index is 0.113. The van der Waals surface area contributed by atoms with Crippen molar-refractivity contribution >= 4 is 11.3 Å². The Hall–Kier alpha value is -1.53. The van der Waals surface area contributed by atoms with Crippen molar-refractivity contribution in [1.29, 1.82) is 0 Å². The number of hydrogen-bond donors (Lipinski definition) is 2. The van der Waals surface area contributed by atoms with E-state index in [0.29, 0.717) is 24.8 Å². The SMILES string of the molecule is Cc1nc(Cc2nc(CNC(C)C)cc(=O)[nH]2)cs1. The first-order valence-electron chi connectivity index (χ1n) is 6.26. The standard InChI is InChI=1S/C13H18N4OS/c1-8(2)14-6-10-5-13(18)17-12(16-10)4-11-7-19-9(3)15-11/h5,7-8,14H,4,6H2,1-3H3,(H,16,17,18). The molecule has 0 amide bonds. The molecule has 0 saturated carbocycles. The Morgan fingerprint density at radius 2 is 2.16 bits per heavy atom. The molecule has 0 spiro atoms. The van der Waals surface area contributed by atoms with E-state index in [1.165, 1.54) is 6.07 Å². The molecule has 6 heteroatoms. The quantitative estimate of drug-likeness (QED) is 0.872. The van der Waals surface area contributed by atoms with Crippen LogP contribution < -0.4 is 10.9 Å². The highest BCUT2D eigenvalue weighted by Crippen LogP contribution is 2.10. The molecule has 2 rings (SSSR count). The maximum atomic E-state index is 11.6. The third-order valence-corrected chi connectivity index (χ3v) is 3.37. The Morgan fingerprint density at radius 1 is 1.37 bits per heavy atom. The van der Waals surface area contributed by atoms with Crippen molar-refractivity contribution in [2.75, 3.05) is 0 Å². The number of aryl methyl sites for hydroxylation is 1. The Morgan fingerprint density at radius 3 is 2.79 bits per heavy atom. The predicted molar refractivity (Wildman–Crippen MR) is 76.5 cm³/mol. The highest BCUT2D eigenvalue weighted by atomic mass is 32.1. The summed E-state index contributed by atoms with van der Waals surface area (Å²) in [5.41, 5.74) is 1.59. The van der Waals surface area contributed by atoms with Crippen LogP contribution in [0.4, 0.5) is 0 Å². The van der Waals surface area contributed by atoms with Crippen LogP contribution in [-0.2, 0) is 13.0 Å². The van der Waals surface area contributed by atoms with Crippen molar-refractivity contribution in [2.24, 2.45) is 0 Å².